The van der Waals surface area contributed by atoms with Gasteiger partial charge >= 0.3 is 0 Å². The Morgan fingerprint density at radius 1 is 0.333 bits per heavy atom. The largest absolute Gasteiger partial charge is 0.307 e. The first-order chi connectivity index (χ1) is 31.3. The summed E-state index contributed by atoms with van der Waals surface area (Å²) in [6.45, 7) is 0. The molecule has 12 aromatic rings. The minimum Gasteiger partial charge on any atom is -0.307 e. The van der Waals surface area contributed by atoms with Crippen molar-refractivity contribution in [3.63, 3.8) is 0 Å². The van der Waals surface area contributed by atoms with Crippen molar-refractivity contribution in [3.05, 3.63) is 212 Å². The summed E-state index contributed by atoms with van der Waals surface area (Å²) in [5.74, 6) is 1.91. The zero-order valence-corrected chi connectivity index (χ0v) is 34.2. The summed E-state index contributed by atoms with van der Waals surface area (Å²) in [6, 6.07) is 67.5. The highest BCUT2D eigenvalue weighted by Crippen LogP contribution is 2.44. The van der Waals surface area contributed by atoms with Gasteiger partial charge in [-0.25, -0.2) is 15.0 Å². The number of nitrogens with zero attached hydrogens (tertiary/aromatic N) is 6. The molecule has 0 aliphatic heterocycles. The third-order valence-corrected chi connectivity index (χ3v) is 12.7. The normalized spacial score (nSPS) is 13.0. The Kier molecular flexibility index (Phi) is 7.93. The SMILES string of the molecule is C1=CC(c2nc(-c3ccccc3)nc(-c3cc(-n4c5ccccc5c5ccccc54)c(-n4c5ccccc5c5ccccc54)c(-n4c5ccccc5c5ccccc54)c3)n2)=CCC1. The molecule has 0 fully saturated rings. The van der Waals surface area contributed by atoms with Crippen molar-refractivity contribution in [2.45, 2.75) is 12.8 Å². The molecule has 0 unspecified atom stereocenters. The maximum absolute atomic E-state index is 5.37. The van der Waals surface area contributed by atoms with E-state index in [-0.39, 0.29) is 0 Å². The number of benzene rings is 8. The van der Waals surface area contributed by atoms with Crippen LogP contribution in [0.25, 0.3) is 111 Å². The number of rotatable bonds is 6. The lowest BCUT2D eigenvalue weighted by Gasteiger charge is -2.23. The summed E-state index contributed by atoms with van der Waals surface area (Å²) in [4.78, 5) is 15.9. The van der Waals surface area contributed by atoms with E-state index in [9.17, 15) is 0 Å². The van der Waals surface area contributed by atoms with Crippen LogP contribution in [0.3, 0.4) is 0 Å². The highest BCUT2D eigenvalue weighted by atomic mass is 15.1. The van der Waals surface area contributed by atoms with E-state index in [4.69, 9.17) is 15.0 Å². The number of para-hydroxylation sites is 6. The van der Waals surface area contributed by atoms with Crippen LogP contribution in [0.2, 0.25) is 0 Å². The van der Waals surface area contributed by atoms with Gasteiger partial charge in [0.1, 0.15) is 0 Å². The molecule has 13 rings (SSSR count). The minimum absolute atomic E-state index is 0.608. The van der Waals surface area contributed by atoms with Crippen LogP contribution < -0.4 is 0 Å². The molecule has 0 N–H and O–H groups in total. The second-order valence-corrected chi connectivity index (χ2v) is 16.3. The minimum atomic E-state index is 0.608. The van der Waals surface area contributed by atoms with Crippen LogP contribution in [0, 0.1) is 0 Å². The predicted octanol–water partition coefficient (Wildman–Crippen LogP) is 14.2. The van der Waals surface area contributed by atoms with E-state index < -0.39 is 0 Å². The summed E-state index contributed by atoms with van der Waals surface area (Å²) in [5.41, 5.74) is 12.6. The zero-order chi connectivity index (χ0) is 41.4. The Morgan fingerprint density at radius 2 is 0.698 bits per heavy atom. The van der Waals surface area contributed by atoms with Crippen molar-refractivity contribution in [2.75, 3.05) is 0 Å². The van der Waals surface area contributed by atoms with E-state index in [2.05, 4.69) is 202 Å². The zero-order valence-electron chi connectivity index (χ0n) is 34.2. The number of fused-ring (bicyclic) bond motifs is 9. The van der Waals surface area contributed by atoms with E-state index in [0.29, 0.717) is 17.5 Å². The molecular weight excluding hydrogens is 769 g/mol. The fourth-order valence-electron chi connectivity index (χ4n) is 9.96. The molecule has 1 aliphatic carbocycles. The summed E-state index contributed by atoms with van der Waals surface area (Å²) < 4.78 is 7.39. The summed E-state index contributed by atoms with van der Waals surface area (Å²) in [7, 11) is 0. The van der Waals surface area contributed by atoms with Crippen LogP contribution in [0.5, 0.6) is 0 Å². The van der Waals surface area contributed by atoms with Crippen molar-refractivity contribution >= 4 is 71.0 Å². The van der Waals surface area contributed by atoms with Crippen LogP contribution in [-0.2, 0) is 0 Å². The average molecular weight is 807 g/mol. The molecule has 296 valence electrons. The third kappa shape index (κ3) is 5.48. The Hall–Kier alpha value is -8.35. The van der Waals surface area contributed by atoms with E-state index >= 15 is 0 Å². The maximum Gasteiger partial charge on any atom is 0.164 e. The number of hydrogen-bond donors (Lipinski definition) is 0. The second kappa shape index (κ2) is 14.1. The molecule has 0 bridgehead atoms. The van der Waals surface area contributed by atoms with Gasteiger partial charge in [-0.05, 0) is 61.4 Å². The molecule has 6 heteroatoms. The van der Waals surface area contributed by atoms with Crippen LogP contribution in [0.1, 0.15) is 18.7 Å². The monoisotopic (exact) mass is 806 g/mol. The van der Waals surface area contributed by atoms with Gasteiger partial charge in [-0.2, -0.15) is 0 Å². The van der Waals surface area contributed by atoms with Gasteiger partial charge in [0.05, 0.1) is 50.2 Å². The molecule has 63 heavy (non-hydrogen) atoms. The summed E-state index contributed by atoms with van der Waals surface area (Å²) in [6.07, 6.45) is 8.54. The maximum atomic E-state index is 5.37. The lowest BCUT2D eigenvalue weighted by Crippen LogP contribution is -2.11. The molecule has 4 heterocycles. The average Bonchev–Trinajstić information content (AvgIpc) is 4.00. The Balaban J connectivity index is 1.26. The molecule has 0 atom stereocenters. The number of allylic oxidation sites excluding steroid dienone is 4. The molecule has 4 aromatic heterocycles. The van der Waals surface area contributed by atoms with Gasteiger partial charge in [0.2, 0.25) is 0 Å². The van der Waals surface area contributed by atoms with Gasteiger partial charge in [-0.15, -0.1) is 0 Å². The Morgan fingerprint density at radius 3 is 1.11 bits per heavy atom. The van der Waals surface area contributed by atoms with Gasteiger partial charge < -0.3 is 13.7 Å². The molecule has 0 saturated heterocycles. The van der Waals surface area contributed by atoms with E-state index in [0.717, 1.165) is 79.7 Å². The fourth-order valence-corrected chi connectivity index (χ4v) is 9.96. The number of aromatic nitrogens is 6. The van der Waals surface area contributed by atoms with E-state index in [1.807, 2.05) is 18.2 Å². The van der Waals surface area contributed by atoms with Crippen LogP contribution in [-0.4, -0.2) is 28.7 Å². The molecule has 0 radical (unpaired) electrons. The van der Waals surface area contributed by atoms with Crippen LogP contribution in [0.4, 0.5) is 0 Å². The molecule has 0 saturated carbocycles. The van der Waals surface area contributed by atoms with Crippen molar-refractivity contribution in [3.8, 4) is 39.8 Å². The van der Waals surface area contributed by atoms with Crippen LogP contribution in [0.15, 0.2) is 206 Å². The van der Waals surface area contributed by atoms with E-state index in [1.54, 1.807) is 0 Å². The van der Waals surface area contributed by atoms with Crippen molar-refractivity contribution in [1.29, 1.82) is 0 Å². The number of hydrogen-bond acceptors (Lipinski definition) is 3. The molecule has 8 aromatic carbocycles. The molecule has 6 nitrogen and oxygen atoms in total. The predicted molar refractivity (Wildman–Crippen MR) is 260 cm³/mol. The van der Waals surface area contributed by atoms with Gasteiger partial charge in [0.15, 0.2) is 17.5 Å². The van der Waals surface area contributed by atoms with Crippen molar-refractivity contribution < 1.29 is 0 Å². The third-order valence-electron chi connectivity index (χ3n) is 12.7. The molecule has 1 aliphatic rings. The Bertz CT molecular complexity index is 3570. The Labute approximate surface area is 363 Å². The highest BCUT2D eigenvalue weighted by Gasteiger charge is 2.27. The second-order valence-electron chi connectivity index (χ2n) is 16.3. The first-order valence-corrected chi connectivity index (χ1v) is 21.6. The summed E-state index contributed by atoms with van der Waals surface area (Å²) >= 11 is 0. The van der Waals surface area contributed by atoms with Gasteiger partial charge in [0.25, 0.3) is 0 Å². The summed E-state index contributed by atoms with van der Waals surface area (Å²) in [5, 5.41) is 7.15. The smallest absolute Gasteiger partial charge is 0.164 e. The topological polar surface area (TPSA) is 53.5 Å². The fraction of sp³-hybridized carbons (Fsp3) is 0.0351. The first-order valence-electron chi connectivity index (χ1n) is 21.6. The highest BCUT2D eigenvalue weighted by molar-refractivity contribution is 6.14. The van der Waals surface area contributed by atoms with E-state index in [1.165, 1.54) is 32.3 Å². The van der Waals surface area contributed by atoms with Crippen molar-refractivity contribution in [2.24, 2.45) is 0 Å². The molecular formula is C57H38N6. The molecule has 0 amide bonds. The standard InChI is InChI=1S/C57H38N6/c1-3-19-37(20-4-1)55-58-56(38-21-5-2-6-22-38)60-57(59-55)39-35-52(61-46-29-13-7-23-40(46)41-24-8-14-30-47(41)61)54(63-50-33-17-11-27-44(50)45-28-12-18-34-51(45)63)53(36-39)62-48-31-15-9-25-42(48)43-26-10-16-32-49(43)62/h1,3-5,7-36H,2,6H2. The van der Waals surface area contributed by atoms with Gasteiger partial charge in [-0.1, -0.05) is 158 Å². The lowest BCUT2D eigenvalue weighted by molar-refractivity contribution is 1.00. The van der Waals surface area contributed by atoms with Crippen molar-refractivity contribution in [1.82, 2.24) is 28.7 Å². The van der Waals surface area contributed by atoms with Crippen LogP contribution >= 0.6 is 0 Å². The van der Waals surface area contributed by atoms with Gasteiger partial charge in [0, 0.05) is 49.0 Å². The first kappa shape index (κ1) is 35.4. The lowest BCUT2D eigenvalue weighted by atomic mass is 10.1. The quantitative estimate of drug-likeness (QED) is 0.168. The molecule has 0 spiro atoms. The van der Waals surface area contributed by atoms with Gasteiger partial charge in [-0.3, -0.25) is 0 Å².